The smallest absolute Gasteiger partial charge is 0.227 e. The fourth-order valence-corrected chi connectivity index (χ4v) is 3.65. The number of nitrogens with zero attached hydrogens (tertiary/aromatic N) is 1. The van der Waals surface area contributed by atoms with Crippen LogP contribution >= 0.6 is 11.6 Å². The van der Waals surface area contributed by atoms with Gasteiger partial charge in [0.1, 0.15) is 11.5 Å². The minimum atomic E-state index is 0.195. The van der Waals surface area contributed by atoms with Gasteiger partial charge in [0.05, 0.1) is 5.69 Å². The molecule has 1 heterocycles. The highest BCUT2D eigenvalue weighted by molar-refractivity contribution is 6.30. The summed E-state index contributed by atoms with van der Waals surface area (Å²) < 4.78 is 6.36. The quantitative estimate of drug-likeness (QED) is 0.358. The minimum absolute atomic E-state index is 0.195. The predicted molar refractivity (Wildman–Crippen MR) is 120 cm³/mol. The average Bonchev–Trinajstić information content (AvgIpc) is 2.72. The molecule has 0 fully saturated rings. The first-order chi connectivity index (χ1) is 14.1. The summed E-state index contributed by atoms with van der Waals surface area (Å²) in [6.45, 7) is 3.85. The highest BCUT2D eigenvalue weighted by Crippen LogP contribution is 2.24. The summed E-state index contributed by atoms with van der Waals surface area (Å²) in [5, 5.41) is 2.78. The molecule has 1 aromatic heterocycles. The van der Waals surface area contributed by atoms with Crippen LogP contribution in [0.4, 0.5) is 5.69 Å². The maximum Gasteiger partial charge on any atom is 0.227 e. The number of hydrogen-bond acceptors (Lipinski definition) is 3. The SMILES string of the molecule is CCCCCCc1oc(=Nc2ccc(Cl)cc2)c2ccccc2c1CCC(C)=O. The molecule has 152 valence electrons. The Kier molecular flexibility index (Phi) is 7.65. The van der Waals surface area contributed by atoms with Crippen molar-refractivity contribution in [2.24, 2.45) is 4.99 Å². The number of carbonyl (C=O) groups is 1. The van der Waals surface area contributed by atoms with Crippen LogP contribution in [0.15, 0.2) is 57.9 Å². The third kappa shape index (κ3) is 5.80. The molecule has 3 aromatic rings. The average molecular weight is 410 g/mol. The standard InChI is InChI=1S/C25H28ClNO2/c1-3-4-5-6-11-24-22(17-12-18(2)28)21-9-7-8-10-23(21)25(29-24)27-20-15-13-19(26)14-16-20/h7-10,13-16H,3-6,11-12,17H2,1-2H3. The molecule has 0 saturated carbocycles. The summed E-state index contributed by atoms with van der Waals surface area (Å²) >= 11 is 6.01. The van der Waals surface area contributed by atoms with E-state index in [2.05, 4.69) is 13.0 Å². The topological polar surface area (TPSA) is 42.6 Å². The molecular weight excluding hydrogens is 382 g/mol. The Balaban J connectivity index is 2.11. The maximum absolute atomic E-state index is 11.6. The molecule has 0 spiro atoms. The largest absolute Gasteiger partial charge is 0.442 e. The fourth-order valence-electron chi connectivity index (χ4n) is 3.52. The molecule has 4 heteroatoms. The van der Waals surface area contributed by atoms with E-state index < -0.39 is 0 Å². The van der Waals surface area contributed by atoms with Crippen LogP contribution in [-0.2, 0) is 17.6 Å². The van der Waals surface area contributed by atoms with Crippen molar-refractivity contribution in [3.63, 3.8) is 0 Å². The number of halogens is 1. The van der Waals surface area contributed by atoms with E-state index in [1.807, 2.05) is 42.5 Å². The van der Waals surface area contributed by atoms with Crippen LogP contribution in [0.2, 0.25) is 5.02 Å². The monoisotopic (exact) mass is 409 g/mol. The third-order valence-corrected chi connectivity index (χ3v) is 5.33. The number of Topliss-reactive ketones (excluding diaryl/α,β-unsaturated/α-hetero) is 1. The first-order valence-electron chi connectivity index (χ1n) is 10.4. The molecule has 0 unspecified atom stereocenters. The van der Waals surface area contributed by atoms with Gasteiger partial charge < -0.3 is 9.21 Å². The molecule has 0 N–H and O–H groups in total. The number of carbonyl (C=O) groups excluding carboxylic acids is 1. The van der Waals surface area contributed by atoms with Gasteiger partial charge in [-0.3, -0.25) is 0 Å². The van der Waals surface area contributed by atoms with Gasteiger partial charge >= 0.3 is 0 Å². The van der Waals surface area contributed by atoms with Gasteiger partial charge in [0.15, 0.2) is 0 Å². The van der Waals surface area contributed by atoms with Crippen LogP contribution < -0.4 is 5.55 Å². The molecular formula is C25H28ClNO2. The molecule has 0 amide bonds. The molecule has 0 aliphatic rings. The van der Waals surface area contributed by atoms with Crippen molar-refractivity contribution in [2.45, 2.75) is 58.8 Å². The lowest BCUT2D eigenvalue weighted by molar-refractivity contribution is -0.116. The van der Waals surface area contributed by atoms with Crippen LogP contribution in [0.25, 0.3) is 10.8 Å². The minimum Gasteiger partial charge on any atom is -0.442 e. The second kappa shape index (κ2) is 10.4. The van der Waals surface area contributed by atoms with Crippen LogP contribution in [0.1, 0.15) is 57.3 Å². The summed E-state index contributed by atoms with van der Waals surface area (Å²) in [6, 6.07) is 15.6. The molecule has 3 rings (SSSR count). The van der Waals surface area contributed by atoms with Crippen molar-refractivity contribution in [2.75, 3.05) is 0 Å². The zero-order valence-electron chi connectivity index (χ0n) is 17.2. The van der Waals surface area contributed by atoms with Gasteiger partial charge in [-0.15, -0.1) is 0 Å². The summed E-state index contributed by atoms with van der Waals surface area (Å²) in [5.74, 6) is 1.15. The van der Waals surface area contributed by atoms with E-state index in [9.17, 15) is 4.79 Å². The predicted octanol–water partition coefficient (Wildman–Crippen LogP) is 6.96. The Labute approximate surface area is 177 Å². The lowest BCUT2D eigenvalue weighted by atomic mass is 9.97. The Bertz CT molecular complexity index is 1030. The Morgan fingerprint density at radius 1 is 0.966 bits per heavy atom. The van der Waals surface area contributed by atoms with Crippen molar-refractivity contribution < 1.29 is 9.21 Å². The summed E-state index contributed by atoms with van der Waals surface area (Å²) in [6.07, 6.45) is 6.75. The third-order valence-electron chi connectivity index (χ3n) is 5.08. The van der Waals surface area contributed by atoms with E-state index in [4.69, 9.17) is 21.0 Å². The van der Waals surface area contributed by atoms with E-state index in [0.717, 1.165) is 40.6 Å². The van der Waals surface area contributed by atoms with Crippen LogP contribution in [0.3, 0.4) is 0 Å². The number of rotatable bonds is 9. The summed E-state index contributed by atoms with van der Waals surface area (Å²) in [7, 11) is 0. The van der Waals surface area contributed by atoms with Crippen molar-refractivity contribution in [1.29, 1.82) is 0 Å². The van der Waals surface area contributed by atoms with E-state index in [1.165, 1.54) is 19.3 Å². The number of ketones is 1. The second-order valence-electron chi connectivity index (χ2n) is 7.46. The van der Waals surface area contributed by atoms with Crippen LogP contribution in [0.5, 0.6) is 0 Å². The van der Waals surface area contributed by atoms with Gasteiger partial charge in [0.25, 0.3) is 0 Å². The molecule has 0 atom stereocenters. The zero-order valence-corrected chi connectivity index (χ0v) is 18.0. The molecule has 0 saturated heterocycles. The van der Waals surface area contributed by atoms with Gasteiger partial charge in [-0.05, 0) is 61.0 Å². The molecule has 2 aromatic carbocycles. The second-order valence-corrected chi connectivity index (χ2v) is 7.89. The van der Waals surface area contributed by atoms with Crippen molar-refractivity contribution in [3.05, 3.63) is 70.4 Å². The highest BCUT2D eigenvalue weighted by atomic mass is 35.5. The van der Waals surface area contributed by atoms with Crippen LogP contribution in [-0.4, -0.2) is 5.78 Å². The molecule has 0 aliphatic heterocycles. The Morgan fingerprint density at radius 3 is 2.38 bits per heavy atom. The highest BCUT2D eigenvalue weighted by Gasteiger charge is 2.13. The number of aryl methyl sites for hydroxylation is 2. The molecule has 0 radical (unpaired) electrons. The number of benzene rings is 2. The zero-order chi connectivity index (χ0) is 20.6. The number of fused-ring (bicyclic) bond motifs is 1. The van der Waals surface area contributed by atoms with Gasteiger partial charge in [0.2, 0.25) is 5.55 Å². The molecule has 3 nitrogen and oxygen atoms in total. The molecule has 0 bridgehead atoms. The van der Waals surface area contributed by atoms with E-state index in [1.54, 1.807) is 6.92 Å². The van der Waals surface area contributed by atoms with Gasteiger partial charge in [-0.25, -0.2) is 4.99 Å². The van der Waals surface area contributed by atoms with E-state index >= 15 is 0 Å². The maximum atomic E-state index is 11.6. The van der Waals surface area contributed by atoms with E-state index in [0.29, 0.717) is 23.4 Å². The molecule has 29 heavy (non-hydrogen) atoms. The van der Waals surface area contributed by atoms with Crippen molar-refractivity contribution in [3.8, 4) is 0 Å². The number of unbranched alkanes of at least 4 members (excludes halogenated alkanes) is 3. The normalized spacial score (nSPS) is 11.9. The van der Waals surface area contributed by atoms with Crippen molar-refractivity contribution in [1.82, 2.24) is 0 Å². The molecule has 0 aliphatic carbocycles. The Hall–Kier alpha value is -2.39. The Morgan fingerprint density at radius 2 is 1.69 bits per heavy atom. The number of hydrogen-bond donors (Lipinski definition) is 0. The van der Waals surface area contributed by atoms with Crippen LogP contribution in [0, 0.1) is 0 Å². The summed E-state index contributed by atoms with van der Waals surface area (Å²) in [5.41, 5.74) is 2.55. The van der Waals surface area contributed by atoms with Gasteiger partial charge in [0, 0.05) is 23.3 Å². The lowest BCUT2D eigenvalue weighted by Crippen LogP contribution is -2.10. The van der Waals surface area contributed by atoms with Crippen molar-refractivity contribution >= 4 is 33.8 Å². The first kappa shape index (κ1) is 21.3. The summed E-state index contributed by atoms with van der Waals surface area (Å²) in [4.78, 5) is 16.4. The van der Waals surface area contributed by atoms with Gasteiger partial charge in [-0.1, -0.05) is 56.0 Å². The fraction of sp³-hybridized carbons (Fsp3) is 0.360. The van der Waals surface area contributed by atoms with E-state index in [-0.39, 0.29) is 5.78 Å². The first-order valence-corrected chi connectivity index (χ1v) is 10.8. The van der Waals surface area contributed by atoms with Gasteiger partial charge in [-0.2, -0.15) is 0 Å². The lowest BCUT2D eigenvalue weighted by Gasteiger charge is -2.12.